The van der Waals surface area contributed by atoms with E-state index in [2.05, 4.69) is 29.0 Å². The summed E-state index contributed by atoms with van der Waals surface area (Å²) < 4.78 is 6.33. The molecular weight excluding hydrogens is 408 g/mol. The van der Waals surface area contributed by atoms with Gasteiger partial charge in [0.25, 0.3) is 11.8 Å². The number of nitrogens with zero attached hydrogens (tertiary/aromatic N) is 3. The van der Waals surface area contributed by atoms with Crippen molar-refractivity contribution in [3.63, 3.8) is 0 Å². The zero-order valence-corrected chi connectivity index (χ0v) is 18.7. The first kappa shape index (κ1) is 21.1. The number of amides is 2. The highest BCUT2D eigenvalue weighted by Gasteiger charge is 2.18. The summed E-state index contributed by atoms with van der Waals surface area (Å²) in [5.41, 5.74) is 0.933. The maximum absolute atomic E-state index is 12.8. The Balaban J connectivity index is 1.85. The molecular formula is C20H24N4O3S2. The zero-order valence-electron chi connectivity index (χ0n) is 17.1. The van der Waals surface area contributed by atoms with E-state index >= 15 is 0 Å². The quantitative estimate of drug-likeness (QED) is 0.607. The lowest BCUT2D eigenvalue weighted by molar-refractivity contribution is 0.0827. The smallest absolute Gasteiger partial charge is 0.265 e. The van der Waals surface area contributed by atoms with E-state index in [1.165, 1.54) is 23.3 Å². The number of aromatic nitrogens is 1. The van der Waals surface area contributed by atoms with Gasteiger partial charge in [0.05, 0.1) is 22.4 Å². The molecule has 3 aromatic rings. The lowest BCUT2D eigenvalue weighted by atomic mass is 10.1. The summed E-state index contributed by atoms with van der Waals surface area (Å²) in [7, 11) is 4.89. The van der Waals surface area contributed by atoms with E-state index in [9.17, 15) is 9.59 Å². The van der Waals surface area contributed by atoms with Crippen LogP contribution in [0.1, 0.15) is 33.9 Å². The number of nitrogens with one attached hydrogen (secondary N) is 1. The predicted octanol–water partition coefficient (Wildman–Crippen LogP) is 4.17. The van der Waals surface area contributed by atoms with Crippen molar-refractivity contribution in [1.82, 2.24) is 9.88 Å². The molecule has 0 fully saturated rings. The molecule has 0 saturated heterocycles. The SMILES string of the molecule is CCN(CC)c1nc2sc(C(=O)Nc3cc(C(=O)N(C)C)ccc3OC)cc2s1. The minimum atomic E-state index is -0.252. The van der Waals surface area contributed by atoms with E-state index in [0.717, 1.165) is 27.8 Å². The van der Waals surface area contributed by atoms with Gasteiger partial charge in [-0.15, -0.1) is 11.3 Å². The molecule has 0 bridgehead atoms. The van der Waals surface area contributed by atoms with Gasteiger partial charge in [0, 0.05) is 32.7 Å². The molecule has 9 heteroatoms. The van der Waals surface area contributed by atoms with Gasteiger partial charge in [-0.05, 0) is 38.1 Å². The molecule has 154 valence electrons. The van der Waals surface area contributed by atoms with Crippen molar-refractivity contribution in [2.24, 2.45) is 0 Å². The van der Waals surface area contributed by atoms with E-state index in [4.69, 9.17) is 4.74 Å². The number of thiophene rings is 1. The Morgan fingerprint density at radius 1 is 1.14 bits per heavy atom. The van der Waals surface area contributed by atoms with Gasteiger partial charge in [0.2, 0.25) is 0 Å². The van der Waals surface area contributed by atoms with Gasteiger partial charge in [0.1, 0.15) is 10.6 Å². The molecule has 2 heterocycles. The monoisotopic (exact) mass is 432 g/mol. The molecule has 0 radical (unpaired) electrons. The van der Waals surface area contributed by atoms with Gasteiger partial charge < -0.3 is 19.9 Å². The Morgan fingerprint density at radius 3 is 2.45 bits per heavy atom. The molecule has 0 aliphatic rings. The van der Waals surface area contributed by atoms with Crippen LogP contribution in [-0.4, -0.2) is 56.0 Å². The van der Waals surface area contributed by atoms with Crippen LogP contribution in [0.5, 0.6) is 5.75 Å². The molecule has 2 amide bonds. The minimum Gasteiger partial charge on any atom is -0.495 e. The molecule has 1 aromatic carbocycles. The standard InChI is InChI=1S/C20H24N4O3S2/c1-6-24(7-2)20-22-18-16(29-20)11-15(28-18)17(25)21-13-10-12(19(26)23(3)4)8-9-14(13)27-5/h8-11H,6-7H2,1-5H3,(H,21,25). The van der Waals surface area contributed by atoms with Crippen molar-refractivity contribution in [1.29, 1.82) is 0 Å². The van der Waals surface area contributed by atoms with E-state index in [-0.39, 0.29) is 11.8 Å². The number of carbonyl (C=O) groups is 2. The predicted molar refractivity (Wildman–Crippen MR) is 120 cm³/mol. The average molecular weight is 433 g/mol. The average Bonchev–Trinajstić information content (AvgIpc) is 3.27. The van der Waals surface area contributed by atoms with Crippen molar-refractivity contribution in [3.8, 4) is 5.75 Å². The highest BCUT2D eigenvalue weighted by Crippen LogP contribution is 2.35. The van der Waals surface area contributed by atoms with Crippen LogP contribution in [0.3, 0.4) is 0 Å². The number of methoxy groups -OCH3 is 1. The minimum absolute atomic E-state index is 0.145. The van der Waals surface area contributed by atoms with Crippen LogP contribution in [0.2, 0.25) is 0 Å². The van der Waals surface area contributed by atoms with E-state index in [0.29, 0.717) is 21.9 Å². The van der Waals surface area contributed by atoms with Crippen LogP contribution in [0.4, 0.5) is 10.8 Å². The number of hydrogen-bond acceptors (Lipinski definition) is 7. The fourth-order valence-electron chi connectivity index (χ4n) is 2.85. The molecule has 7 nitrogen and oxygen atoms in total. The summed E-state index contributed by atoms with van der Waals surface area (Å²) in [4.78, 5) is 34.8. The third-order valence-electron chi connectivity index (χ3n) is 4.44. The number of fused-ring (bicyclic) bond motifs is 1. The number of anilines is 2. The van der Waals surface area contributed by atoms with Crippen LogP contribution < -0.4 is 15.0 Å². The number of benzene rings is 1. The van der Waals surface area contributed by atoms with Gasteiger partial charge in [-0.1, -0.05) is 11.3 Å². The number of hydrogen-bond donors (Lipinski definition) is 1. The fraction of sp³-hybridized carbons (Fsp3) is 0.350. The van der Waals surface area contributed by atoms with Gasteiger partial charge in [-0.3, -0.25) is 9.59 Å². The first-order valence-electron chi connectivity index (χ1n) is 9.24. The number of rotatable bonds is 7. The lowest BCUT2D eigenvalue weighted by Crippen LogP contribution is -2.22. The molecule has 1 N–H and O–H groups in total. The van der Waals surface area contributed by atoms with E-state index in [1.807, 2.05) is 6.07 Å². The topological polar surface area (TPSA) is 74.8 Å². The Kier molecular flexibility index (Phi) is 6.39. The van der Waals surface area contributed by atoms with Crippen molar-refractivity contribution in [3.05, 3.63) is 34.7 Å². The second kappa shape index (κ2) is 8.79. The molecule has 0 aliphatic heterocycles. The largest absolute Gasteiger partial charge is 0.495 e. The van der Waals surface area contributed by atoms with Crippen LogP contribution in [0.25, 0.3) is 9.53 Å². The fourth-order valence-corrected chi connectivity index (χ4v) is 5.08. The van der Waals surface area contributed by atoms with Gasteiger partial charge in [0.15, 0.2) is 5.13 Å². The summed E-state index contributed by atoms with van der Waals surface area (Å²) in [6.07, 6.45) is 0. The summed E-state index contributed by atoms with van der Waals surface area (Å²) in [5.74, 6) is 0.0965. The third-order valence-corrected chi connectivity index (χ3v) is 6.66. The summed E-state index contributed by atoms with van der Waals surface area (Å²) >= 11 is 2.94. The number of carbonyl (C=O) groups excluding carboxylic acids is 2. The Morgan fingerprint density at radius 2 is 1.86 bits per heavy atom. The third kappa shape index (κ3) is 4.35. The van der Waals surface area contributed by atoms with Crippen molar-refractivity contribution in [2.75, 3.05) is 44.5 Å². The second-order valence-electron chi connectivity index (χ2n) is 6.52. The van der Waals surface area contributed by atoms with Crippen molar-refractivity contribution >= 4 is 54.8 Å². The molecule has 29 heavy (non-hydrogen) atoms. The summed E-state index contributed by atoms with van der Waals surface area (Å²) in [6.45, 7) is 5.99. The maximum atomic E-state index is 12.8. The van der Waals surface area contributed by atoms with Gasteiger partial charge >= 0.3 is 0 Å². The maximum Gasteiger partial charge on any atom is 0.265 e. The number of thiazole rings is 1. The van der Waals surface area contributed by atoms with Crippen LogP contribution in [-0.2, 0) is 0 Å². The summed E-state index contributed by atoms with van der Waals surface area (Å²) in [5, 5.41) is 3.84. The highest BCUT2D eigenvalue weighted by atomic mass is 32.1. The van der Waals surface area contributed by atoms with Gasteiger partial charge in [-0.25, -0.2) is 4.98 Å². The molecule has 3 rings (SSSR count). The highest BCUT2D eigenvalue weighted by molar-refractivity contribution is 7.29. The molecule has 2 aromatic heterocycles. The first-order valence-corrected chi connectivity index (χ1v) is 10.9. The Bertz CT molecular complexity index is 1010. The Labute approximate surface area is 177 Å². The van der Waals surface area contributed by atoms with Crippen molar-refractivity contribution in [2.45, 2.75) is 13.8 Å². The molecule has 0 saturated carbocycles. The van der Waals surface area contributed by atoms with Crippen molar-refractivity contribution < 1.29 is 14.3 Å². The molecule has 0 atom stereocenters. The lowest BCUT2D eigenvalue weighted by Gasteiger charge is -2.16. The van der Waals surface area contributed by atoms with Crippen LogP contribution >= 0.6 is 22.7 Å². The van der Waals surface area contributed by atoms with Crippen LogP contribution in [0, 0.1) is 0 Å². The number of ether oxygens (including phenoxy) is 1. The Hall–Kier alpha value is -2.65. The summed E-state index contributed by atoms with van der Waals surface area (Å²) in [6, 6.07) is 6.85. The molecule has 0 spiro atoms. The van der Waals surface area contributed by atoms with E-state index < -0.39 is 0 Å². The first-order chi connectivity index (χ1) is 13.9. The van der Waals surface area contributed by atoms with Crippen LogP contribution in [0.15, 0.2) is 24.3 Å². The molecule has 0 aliphatic carbocycles. The van der Waals surface area contributed by atoms with E-state index in [1.54, 1.807) is 43.6 Å². The zero-order chi connectivity index (χ0) is 21.1. The normalized spacial score (nSPS) is 10.8. The molecule has 0 unspecified atom stereocenters. The van der Waals surface area contributed by atoms with Gasteiger partial charge in [-0.2, -0.15) is 0 Å². The second-order valence-corrected chi connectivity index (χ2v) is 8.56.